The van der Waals surface area contributed by atoms with E-state index in [1.807, 2.05) is 19.1 Å². The minimum Gasteiger partial charge on any atom is -0.466 e. The normalized spacial score (nSPS) is 16.8. The van der Waals surface area contributed by atoms with Crippen molar-refractivity contribution in [2.24, 2.45) is 0 Å². The zero-order valence-corrected chi connectivity index (χ0v) is 18.7. The number of dihydropyridines is 1. The number of non-ortho nitro benzene ring substituents is 1. The number of nitrogens with one attached hydrogen (secondary N) is 1. The van der Waals surface area contributed by atoms with Gasteiger partial charge in [-0.3, -0.25) is 14.9 Å². The molecular weight excluding hydrogens is 436 g/mol. The molecule has 2 aromatic carbocycles. The smallest absolute Gasteiger partial charge is 0.336 e. The number of Topliss-reactive ketones (excluding diaryl/α,β-unsaturated/α-hetero) is 1. The highest BCUT2D eigenvalue weighted by atomic mass is 16.6. The summed E-state index contributed by atoms with van der Waals surface area (Å²) < 4.78 is 11.2. The van der Waals surface area contributed by atoms with E-state index in [2.05, 4.69) is 5.32 Å². The SMILES string of the molecule is COC(=O)C1=C(C)NC2=C(C(=O)c3ccccc32)[C@H]1c1ccc(-c2cc([N+](=O)[O-])ccc2C)o1. The van der Waals surface area contributed by atoms with Crippen LogP contribution in [0.5, 0.6) is 0 Å². The van der Waals surface area contributed by atoms with Crippen molar-refractivity contribution in [2.45, 2.75) is 19.8 Å². The molecule has 170 valence electrons. The lowest BCUT2D eigenvalue weighted by Crippen LogP contribution is -2.28. The molecule has 0 amide bonds. The Labute approximate surface area is 194 Å². The molecule has 34 heavy (non-hydrogen) atoms. The molecule has 0 radical (unpaired) electrons. The van der Waals surface area contributed by atoms with Crippen molar-refractivity contribution in [2.75, 3.05) is 7.11 Å². The van der Waals surface area contributed by atoms with Crippen LogP contribution >= 0.6 is 0 Å². The van der Waals surface area contributed by atoms with E-state index in [-0.39, 0.29) is 17.0 Å². The zero-order valence-electron chi connectivity index (χ0n) is 18.7. The van der Waals surface area contributed by atoms with E-state index >= 15 is 0 Å². The number of rotatable bonds is 4. The van der Waals surface area contributed by atoms with Gasteiger partial charge in [-0.25, -0.2) is 4.79 Å². The highest BCUT2D eigenvalue weighted by Crippen LogP contribution is 2.47. The van der Waals surface area contributed by atoms with Crippen molar-refractivity contribution in [1.82, 2.24) is 5.32 Å². The molecule has 0 fully saturated rings. The predicted octanol–water partition coefficient (Wildman–Crippen LogP) is 4.90. The number of nitrogens with zero attached hydrogens (tertiary/aromatic N) is 1. The molecule has 2 aliphatic rings. The summed E-state index contributed by atoms with van der Waals surface area (Å²) in [6.07, 6.45) is 0. The van der Waals surface area contributed by atoms with Crippen molar-refractivity contribution in [3.8, 4) is 11.3 Å². The Balaban J connectivity index is 1.67. The van der Waals surface area contributed by atoms with Crippen LogP contribution in [-0.4, -0.2) is 23.8 Å². The second kappa shape index (κ2) is 7.84. The van der Waals surface area contributed by atoms with Crippen LogP contribution in [0.25, 0.3) is 17.0 Å². The maximum atomic E-state index is 13.4. The van der Waals surface area contributed by atoms with Crippen LogP contribution in [0.1, 0.15) is 40.1 Å². The van der Waals surface area contributed by atoms with Gasteiger partial charge in [-0.1, -0.05) is 30.3 Å². The minimum atomic E-state index is -0.795. The van der Waals surface area contributed by atoms with Gasteiger partial charge in [-0.05, 0) is 31.5 Å². The standard InChI is InChI=1S/C26H20N2O6/c1-13-8-9-15(28(31)32)12-18(13)19-10-11-20(34-19)22-21(26(30)33-3)14(2)27-24-16-6-4-5-7-17(16)25(29)23(22)24/h4-12,22,27H,1-3H3/t22-/m0/s1. The van der Waals surface area contributed by atoms with E-state index in [0.29, 0.717) is 39.6 Å². The Hall–Kier alpha value is -4.46. The van der Waals surface area contributed by atoms with Crippen molar-refractivity contribution in [3.05, 3.63) is 104 Å². The summed E-state index contributed by atoms with van der Waals surface area (Å²) in [4.78, 5) is 37.1. The lowest BCUT2D eigenvalue weighted by molar-refractivity contribution is -0.384. The maximum absolute atomic E-state index is 13.4. The lowest BCUT2D eigenvalue weighted by atomic mass is 9.83. The topological polar surface area (TPSA) is 112 Å². The summed E-state index contributed by atoms with van der Waals surface area (Å²) in [5.41, 5.74) is 4.48. The minimum absolute atomic E-state index is 0.0576. The second-order valence-electron chi connectivity index (χ2n) is 8.21. The number of hydrogen-bond donors (Lipinski definition) is 1. The molecule has 8 heteroatoms. The Morgan fingerprint density at radius 2 is 1.79 bits per heavy atom. The number of nitro groups is 1. The third-order valence-electron chi connectivity index (χ3n) is 6.26. The fourth-order valence-electron chi connectivity index (χ4n) is 4.64. The largest absolute Gasteiger partial charge is 0.466 e. The number of fused-ring (bicyclic) bond motifs is 2. The molecule has 0 saturated heterocycles. The number of esters is 1. The Morgan fingerprint density at radius 3 is 2.50 bits per heavy atom. The summed E-state index contributed by atoms with van der Waals surface area (Å²) in [7, 11) is 1.29. The van der Waals surface area contributed by atoms with E-state index in [4.69, 9.17) is 9.15 Å². The van der Waals surface area contributed by atoms with Gasteiger partial charge in [0, 0.05) is 40.1 Å². The maximum Gasteiger partial charge on any atom is 0.336 e. The van der Waals surface area contributed by atoms with Gasteiger partial charge >= 0.3 is 5.97 Å². The highest BCUT2D eigenvalue weighted by molar-refractivity contribution is 6.23. The summed E-state index contributed by atoms with van der Waals surface area (Å²) in [5, 5.41) is 14.5. The molecule has 0 saturated carbocycles. The second-order valence-corrected chi connectivity index (χ2v) is 8.21. The summed E-state index contributed by atoms with van der Waals surface area (Å²) >= 11 is 0. The first-order chi connectivity index (χ1) is 16.3. The van der Waals surface area contributed by atoms with Crippen LogP contribution in [0.2, 0.25) is 0 Å². The van der Waals surface area contributed by atoms with Gasteiger partial charge in [-0.15, -0.1) is 0 Å². The Bertz CT molecular complexity index is 1460. The summed E-state index contributed by atoms with van der Waals surface area (Å²) in [6, 6.07) is 15.2. The summed E-state index contributed by atoms with van der Waals surface area (Å²) in [6.45, 7) is 3.58. The number of ether oxygens (including phenoxy) is 1. The number of nitro benzene ring substituents is 1. The molecule has 0 unspecified atom stereocenters. The molecule has 1 aromatic heterocycles. The van der Waals surface area contributed by atoms with E-state index < -0.39 is 16.8 Å². The summed E-state index contributed by atoms with van der Waals surface area (Å²) in [5.74, 6) is -0.787. The molecule has 1 aliphatic carbocycles. The van der Waals surface area contributed by atoms with Crippen LogP contribution in [0.3, 0.4) is 0 Å². The van der Waals surface area contributed by atoms with Crippen molar-refractivity contribution in [3.63, 3.8) is 0 Å². The first kappa shape index (κ1) is 21.4. The molecular formula is C26H20N2O6. The first-order valence-corrected chi connectivity index (χ1v) is 10.6. The van der Waals surface area contributed by atoms with Crippen molar-refractivity contribution < 1.29 is 23.7 Å². The number of benzene rings is 2. The van der Waals surface area contributed by atoms with Crippen molar-refractivity contribution >= 4 is 23.1 Å². The molecule has 0 bridgehead atoms. The zero-order chi connectivity index (χ0) is 24.1. The number of ketones is 1. The van der Waals surface area contributed by atoms with E-state index in [9.17, 15) is 19.7 Å². The Kier molecular flexibility index (Phi) is 4.93. The molecule has 0 spiro atoms. The van der Waals surface area contributed by atoms with E-state index in [1.54, 1.807) is 37.3 Å². The van der Waals surface area contributed by atoms with Gasteiger partial charge in [0.2, 0.25) is 0 Å². The van der Waals surface area contributed by atoms with Crippen LogP contribution in [0.15, 0.2) is 75.9 Å². The van der Waals surface area contributed by atoms with Crippen molar-refractivity contribution in [1.29, 1.82) is 0 Å². The van der Waals surface area contributed by atoms with Gasteiger partial charge in [0.15, 0.2) is 5.78 Å². The lowest BCUT2D eigenvalue weighted by Gasteiger charge is -2.27. The fourth-order valence-corrected chi connectivity index (χ4v) is 4.64. The number of hydrogen-bond acceptors (Lipinski definition) is 7. The predicted molar refractivity (Wildman–Crippen MR) is 124 cm³/mol. The number of aryl methyl sites for hydroxylation is 1. The van der Waals surface area contributed by atoms with Gasteiger partial charge in [0.05, 0.1) is 29.2 Å². The average molecular weight is 456 g/mol. The van der Waals surface area contributed by atoms with Gasteiger partial charge < -0.3 is 14.5 Å². The molecule has 2 heterocycles. The molecule has 8 nitrogen and oxygen atoms in total. The highest BCUT2D eigenvalue weighted by Gasteiger charge is 2.44. The Morgan fingerprint density at radius 1 is 1.06 bits per heavy atom. The fraction of sp³-hybridized carbons (Fsp3) is 0.154. The third-order valence-corrected chi connectivity index (χ3v) is 6.26. The van der Waals surface area contributed by atoms with E-state index in [1.165, 1.54) is 19.2 Å². The quantitative estimate of drug-likeness (QED) is 0.337. The van der Waals surface area contributed by atoms with E-state index in [0.717, 1.165) is 11.1 Å². The van der Waals surface area contributed by atoms with Gasteiger partial charge in [-0.2, -0.15) is 0 Å². The molecule has 1 aliphatic heterocycles. The number of allylic oxidation sites excluding steroid dienone is 2. The average Bonchev–Trinajstić information content (AvgIpc) is 3.42. The monoisotopic (exact) mass is 456 g/mol. The molecule has 1 N–H and O–H groups in total. The van der Waals surface area contributed by atoms with Crippen LogP contribution in [0, 0.1) is 17.0 Å². The number of methoxy groups -OCH3 is 1. The first-order valence-electron chi connectivity index (χ1n) is 10.6. The van der Waals surface area contributed by atoms with Gasteiger partial charge in [0.25, 0.3) is 5.69 Å². The number of furan rings is 1. The van der Waals surface area contributed by atoms with Crippen LogP contribution < -0.4 is 5.32 Å². The van der Waals surface area contributed by atoms with Crippen LogP contribution in [0.4, 0.5) is 5.69 Å². The number of carbonyl (C=O) groups is 2. The number of carbonyl (C=O) groups excluding carboxylic acids is 2. The van der Waals surface area contributed by atoms with Crippen LogP contribution in [-0.2, 0) is 9.53 Å². The molecule has 3 aromatic rings. The third kappa shape index (κ3) is 3.14. The molecule has 5 rings (SSSR count). The molecule has 1 atom stereocenters. The van der Waals surface area contributed by atoms with Gasteiger partial charge in [0.1, 0.15) is 11.5 Å².